The zero-order chi connectivity index (χ0) is 28.5. The summed E-state index contributed by atoms with van der Waals surface area (Å²) < 4.78 is 5.31. The summed E-state index contributed by atoms with van der Waals surface area (Å²) >= 11 is 7.28. The third-order valence-electron chi connectivity index (χ3n) is 5.31. The van der Waals surface area contributed by atoms with Gasteiger partial charge in [0.1, 0.15) is 11.5 Å². The zero-order valence-corrected chi connectivity index (χ0v) is 22.3. The predicted molar refractivity (Wildman–Crippen MR) is 153 cm³/mol. The van der Waals surface area contributed by atoms with Crippen molar-refractivity contribution in [1.82, 2.24) is 5.32 Å². The first kappa shape index (κ1) is 28.2. The van der Waals surface area contributed by atoms with Gasteiger partial charge in [-0.05, 0) is 60.7 Å². The first-order valence-electron chi connectivity index (χ1n) is 11.8. The maximum Gasteiger partial charge on any atom is 0.335 e. The maximum absolute atomic E-state index is 13.1. The number of carboxylic acid groups (broad SMARTS) is 1. The lowest BCUT2D eigenvalue weighted by Gasteiger charge is -2.12. The van der Waals surface area contributed by atoms with Crippen LogP contribution in [0.3, 0.4) is 0 Å². The lowest BCUT2D eigenvalue weighted by molar-refractivity contribution is -0.114. The van der Waals surface area contributed by atoms with Crippen molar-refractivity contribution < 1.29 is 28.7 Å². The van der Waals surface area contributed by atoms with Crippen molar-refractivity contribution in [3.63, 3.8) is 0 Å². The summed E-state index contributed by atoms with van der Waals surface area (Å²) in [6.07, 6.45) is 2.87. The van der Waals surface area contributed by atoms with Crippen LogP contribution >= 0.6 is 23.4 Å². The molecule has 11 heteroatoms. The number of amides is 3. The molecule has 0 aliphatic rings. The number of anilines is 2. The number of carboxylic acids is 1. The number of hydrogen-bond donors (Lipinski definition) is 4. The predicted octanol–water partition coefficient (Wildman–Crippen LogP) is 5.77. The summed E-state index contributed by atoms with van der Waals surface area (Å²) in [5.41, 5.74) is 0.986. The Labute approximate surface area is 238 Å². The van der Waals surface area contributed by atoms with Crippen LogP contribution in [-0.2, 0) is 9.59 Å². The topological polar surface area (TPSA) is 138 Å². The number of furan rings is 1. The fourth-order valence-electron chi connectivity index (χ4n) is 3.41. The van der Waals surface area contributed by atoms with Crippen LogP contribution in [0.1, 0.15) is 26.5 Å². The molecule has 3 aromatic carbocycles. The average Bonchev–Trinajstić information content (AvgIpc) is 3.46. The Balaban J connectivity index is 1.41. The second-order valence-corrected chi connectivity index (χ2v) is 9.67. The Morgan fingerprint density at radius 2 is 1.68 bits per heavy atom. The smallest absolute Gasteiger partial charge is 0.335 e. The number of carbonyl (C=O) groups is 4. The van der Waals surface area contributed by atoms with E-state index in [1.165, 1.54) is 42.3 Å². The number of thioether (sulfide) groups is 1. The number of carbonyl (C=O) groups excluding carboxylic acids is 3. The maximum atomic E-state index is 13.1. The van der Waals surface area contributed by atoms with Crippen molar-refractivity contribution in [3.8, 4) is 0 Å². The molecule has 0 aliphatic carbocycles. The van der Waals surface area contributed by atoms with E-state index in [-0.39, 0.29) is 27.7 Å². The summed E-state index contributed by atoms with van der Waals surface area (Å²) in [5.74, 6) is -2.19. The van der Waals surface area contributed by atoms with Crippen LogP contribution in [0.5, 0.6) is 0 Å². The quantitative estimate of drug-likeness (QED) is 0.139. The van der Waals surface area contributed by atoms with Crippen molar-refractivity contribution in [1.29, 1.82) is 0 Å². The highest BCUT2D eigenvalue weighted by Gasteiger charge is 2.16. The van der Waals surface area contributed by atoms with E-state index in [1.807, 2.05) is 0 Å². The average molecular weight is 576 g/mol. The number of rotatable bonds is 10. The monoisotopic (exact) mass is 575 g/mol. The molecular formula is C29H22ClN3O6S. The van der Waals surface area contributed by atoms with Crippen LogP contribution in [0.4, 0.5) is 11.4 Å². The molecule has 0 fully saturated rings. The number of nitrogens with one attached hydrogen (secondary N) is 3. The molecule has 0 saturated heterocycles. The molecule has 0 radical (unpaired) electrons. The molecule has 4 aromatic rings. The summed E-state index contributed by atoms with van der Waals surface area (Å²) in [5, 5.41) is 17.4. The minimum Gasteiger partial charge on any atom is -0.478 e. The van der Waals surface area contributed by atoms with Crippen molar-refractivity contribution >= 4 is 64.5 Å². The second-order valence-electron chi connectivity index (χ2n) is 8.21. The summed E-state index contributed by atoms with van der Waals surface area (Å²) in [7, 11) is 0. The second kappa shape index (κ2) is 13.3. The Kier molecular flexibility index (Phi) is 9.39. The minimum absolute atomic E-state index is 0.00179. The van der Waals surface area contributed by atoms with Crippen molar-refractivity contribution in [3.05, 3.63) is 119 Å². The van der Waals surface area contributed by atoms with E-state index >= 15 is 0 Å². The minimum atomic E-state index is -1.14. The van der Waals surface area contributed by atoms with E-state index in [9.17, 15) is 19.2 Å². The molecule has 1 aromatic heterocycles. The Morgan fingerprint density at radius 1 is 0.875 bits per heavy atom. The van der Waals surface area contributed by atoms with Crippen LogP contribution in [0.25, 0.3) is 6.08 Å². The van der Waals surface area contributed by atoms with E-state index in [0.29, 0.717) is 21.9 Å². The molecule has 9 nitrogen and oxygen atoms in total. The molecule has 0 aliphatic heterocycles. The largest absolute Gasteiger partial charge is 0.478 e. The van der Waals surface area contributed by atoms with Gasteiger partial charge < -0.3 is 25.5 Å². The lowest BCUT2D eigenvalue weighted by Crippen LogP contribution is -2.30. The molecule has 202 valence electrons. The van der Waals surface area contributed by atoms with Gasteiger partial charge in [0.05, 0.1) is 28.3 Å². The molecule has 0 spiro atoms. The third kappa shape index (κ3) is 7.85. The summed E-state index contributed by atoms with van der Waals surface area (Å²) in [4.78, 5) is 50.2. The fourth-order valence-corrected chi connectivity index (χ4v) is 4.33. The van der Waals surface area contributed by atoms with Gasteiger partial charge in [-0.15, -0.1) is 11.8 Å². The van der Waals surface area contributed by atoms with E-state index in [2.05, 4.69) is 16.0 Å². The molecule has 1 heterocycles. The molecule has 0 saturated carbocycles. The van der Waals surface area contributed by atoms with Gasteiger partial charge in [-0.1, -0.05) is 35.9 Å². The van der Waals surface area contributed by atoms with Gasteiger partial charge in [-0.3, -0.25) is 14.4 Å². The number of halogens is 1. The highest BCUT2D eigenvalue weighted by Crippen LogP contribution is 2.25. The van der Waals surface area contributed by atoms with Crippen LogP contribution in [0, 0.1) is 0 Å². The number of benzene rings is 3. The number of aromatic carboxylic acids is 1. The normalized spacial score (nSPS) is 11.0. The van der Waals surface area contributed by atoms with Crippen LogP contribution < -0.4 is 16.0 Å². The van der Waals surface area contributed by atoms with Crippen molar-refractivity contribution in [2.24, 2.45) is 0 Å². The molecule has 4 N–H and O–H groups in total. The third-order valence-corrected chi connectivity index (χ3v) is 6.63. The molecule has 4 rings (SSSR count). The van der Waals surface area contributed by atoms with Gasteiger partial charge in [-0.2, -0.15) is 0 Å². The van der Waals surface area contributed by atoms with Gasteiger partial charge in [0.25, 0.3) is 11.8 Å². The molecule has 0 atom stereocenters. The summed E-state index contributed by atoms with van der Waals surface area (Å²) in [6.45, 7) is 0. The highest BCUT2D eigenvalue weighted by atomic mass is 35.5. The number of hydrogen-bond acceptors (Lipinski definition) is 6. The van der Waals surface area contributed by atoms with E-state index in [1.54, 1.807) is 66.7 Å². The Morgan fingerprint density at radius 3 is 2.40 bits per heavy atom. The van der Waals surface area contributed by atoms with Gasteiger partial charge in [-0.25, -0.2) is 4.79 Å². The Bertz CT molecular complexity index is 1570. The van der Waals surface area contributed by atoms with Gasteiger partial charge in [0.2, 0.25) is 5.91 Å². The van der Waals surface area contributed by atoms with Crippen LogP contribution in [0.2, 0.25) is 5.02 Å². The van der Waals surface area contributed by atoms with Crippen LogP contribution in [0.15, 0.2) is 106 Å². The first-order chi connectivity index (χ1) is 19.3. The standard InChI is InChI=1S/C29H22ClN3O6S/c30-23-12-11-19(29(37)38)14-24(23)32-26(34)17-40-22-10-4-8-20(15-22)31-28(36)25(16-21-9-5-13-39-21)33-27(35)18-6-2-1-3-7-18/h1-16H,17H2,(H,31,36)(H,32,34)(H,33,35)(H,37,38)/b25-16-. The van der Waals surface area contributed by atoms with Gasteiger partial charge in [0.15, 0.2) is 0 Å². The lowest BCUT2D eigenvalue weighted by atomic mass is 10.2. The van der Waals surface area contributed by atoms with E-state index < -0.39 is 23.7 Å². The SMILES string of the molecule is O=C(CSc1cccc(NC(=O)/C(=C/c2ccco2)NC(=O)c2ccccc2)c1)Nc1cc(C(=O)O)ccc1Cl. The Hall–Kier alpha value is -4.80. The molecule has 0 bridgehead atoms. The molecule has 40 heavy (non-hydrogen) atoms. The van der Waals surface area contributed by atoms with E-state index in [4.69, 9.17) is 21.1 Å². The molecule has 3 amide bonds. The summed E-state index contributed by atoms with van der Waals surface area (Å²) in [6, 6.07) is 22.6. The van der Waals surface area contributed by atoms with Crippen molar-refractivity contribution in [2.45, 2.75) is 4.90 Å². The molecular weight excluding hydrogens is 554 g/mol. The van der Waals surface area contributed by atoms with E-state index in [0.717, 1.165) is 0 Å². The first-order valence-corrected chi connectivity index (χ1v) is 13.1. The highest BCUT2D eigenvalue weighted by molar-refractivity contribution is 8.00. The fraction of sp³-hybridized carbons (Fsp3) is 0.0345. The van der Waals surface area contributed by atoms with Gasteiger partial charge >= 0.3 is 5.97 Å². The van der Waals surface area contributed by atoms with Gasteiger partial charge in [0, 0.05) is 22.2 Å². The van der Waals surface area contributed by atoms with Crippen LogP contribution in [-0.4, -0.2) is 34.6 Å². The molecule has 0 unspecified atom stereocenters. The van der Waals surface area contributed by atoms with Crippen molar-refractivity contribution in [2.75, 3.05) is 16.4 Å². The zero-order valence-electron chi connectivity index (χ0n) is 20.7.